The Labute approximate surface area is 197 Å². The first-order chi connectivity index (χ1) is 15.1. The van der Waals surface area contributed by atoms with Gasteiger partial charge >= 0.3 is 0 Å². The fourth-order valence-electron chi connectivity index (χ4n) is 3.82. The van der Waals surface area contributed by atoms with E-state index < -0.39 is 10.0 Å². The van der Waals surface area contributed by atoms with Crippen molar-refractivity contribution in [2.24, 2.45) is 5.92 Å². The summed E-state index contributed by atoms with van der Waals surface area (Å²) in [4.78, 5) is 18.7. The highest BCUT2D eigenvalue weighted by molar-refractivity contribution is 9.10. The fourth-order valence-corrected chi connectivity index (χ4v) is 5.95. The molecule has 32 heavy (non-hydrogen) atoms. The van der Waals surface area contributed by atoms with Crippen LogP contribution in [0.3, 0.4) is 0 Å². The number of carbonyl (C=O) groups is 1. The molecule has 1 aromatic carbocycles. The number of aromatic nitrogens is 1. The fraction of sp³-hybridized carbons (Fsp3) is 0.455. The maximum absolute atomic E-state index is 13.1. The van der Waals surface area contributed by atoms with Gasteiger partial charge in [0.2, 0.25) is 15.9 Å². The van der Waals surface area contributed by atoms with Crippen molar-refractivity contribution in [1.82, 2.24) is 15.0 Å². The number of anilines is 1. The van der Waals surface area contributed by atoms with Gasteiger partial charge in [0.05, 0.1) is 10.5 Å². The largest absolute Gasteiger partial charge is 0.362 e. The Bertz CT molecular complexity index is 1060. The molecule has 1 fully saturated rings. The Balaban J connectivity index is 1.54. The molecule has 1 amide bonds. The van der Waals surface area contributed by atoms with Gasteiger partial charge in [-0.1, -0.05) is 12.1 Å². The van der Waals surface area contributed by atoms with E-state index in [0.717, 1.165) is 5.56 Å². The van der Waals surface area contributed by atoms with E-state index in [2.05, 4.69) is 31.0 Å². The van der Waals surface area contributed by atoms with Crippen molar-refractivity contribution in [2.45, 2.75) is 49.6 Å². The maximum Gasteiger partial charge on any atom is 0.242 e. The second-order valence-corrected chi connectivity index (χ2v) is 10.9. The third kappa shape index (κ3) is 6.05. The molecule has 1 aromatic heterocycles. The first-order valence-electron chi connectivity index (χ1n) is 10.5. The summed E-state index contributed by atoms with van der Waals surface area (Å²) in [6.07, 6.45) is 3.69. The van der Waals surface area contributed by atoms with Gasteiger partial charge in [-0.2, -0.15) is 0 Å². The number of nitrogens with zero attached hydrogens (tertiary/aromatic N) is 2. The monoisotopic (exact) mass is 526 g/mol. The molecule has 0 unspecified atom stereocenters. The minimum Gasteiger partial charge on any atom is -0.362 e. The van der Waals surface area contributed by atoms with Gasteiger partial charge in [0, 0.05) is 32.3 Å². The Morgan fingerprint density at radius 3 is 2.38 bits per heavy atom. The van der Waals surface area contributed by atoms with Gasteiger partial charge < -0.3 is 10.2 Å². The number of halogens is 2. The van der Waals surface area contributed by atoms with E-state index in [1.54, 1.807) is 23.1 Å². The van der Waals surface area contributed by atoms with Crippen molar-refractivity contribution >= 4 is 37.7 Å². The summed E-state index contributed by atoms with van der Waals surface area (Å²) in [6.45, 7) is 1.86. The summed E-state index contributed by atoms with van der Waals surface area (Å²) in [6, 6.07) is 7.14. The van der Waals surface area contributed by atoms with Gasteiger partial charge in [-0.05, 0) is 72.3 Å². The lowest BCUT2D eigenvalue weighted by atomic mass is 9.85. The molecule has 1 saturated carbocycles. The predicted molar refractivity (Wildman–Crippen MR) is 125 cm³/mol. The molecule has 2 N–H and O–H groups in total. The lowest BCUT2D eigenvalue weighted by Crippen LogP contribution is -2.41. The number of hydrogen-bond acceptors (Lipinski definition) is 5. The van der Waals surface area contributed by atoms with Crippen molar-refractivity contribution in [2.75, 3.05) is 19.0 Å². The van der Waals surface area contributed by atoms with Crippen LogP contribution < -0.4 is 14.9 Å². The first-order valence-corrected chi connectivity index (χ1v) is 12.8. The topological polar surface area (TPSA) is 91.4 Å². The maximum atomic E-state index is 13.1. The van der Waals surface area contributed by atoms with Crippen LogP contribution in [-0.4, -0.2) is 39.4 Å². The van der Waals surface area contributed by atoms with Crippen molar-refractivity contribution in [3.05, 3.63) is 52.4 Å². The molecule has 0 bridgehead atoms. The number of amides is 1. The number of nitrogens with one attached hydrogen (secondary N) is 2. The van der Waals surface area contributed by atoms with E-state index >= 15 is 0 Å². The minimum absolute atomic E-state index is 0.0597. The lowest BCUT2D eigenvalue weighted by molar-refractivity contribution is -0.126. The van der Waals surface area contributed by atoms with E-state index in [4.69, 9.17) is 0 Å². The van der Waals surface area contributed by atoms with Crippen LogP contribution >= 0.6 is 15.9 Å². The van der Waals surface area contributed by atoms with Crippen molar-refractivity contribution in [1.29, 1.82) is 0 Å². The van der Waals surface area contributed by atoms with E-state index in [1.807, 2.05) is 21.0 Å². The molecule has 174 valence electrons. The molecule has 10 heteroatoms. The number of sulfonamides is 1. The molecule has 0 spiro atoms. The molecular formula is C22H28BrFN4O3S. The average molecular weight is 527 g/mol. The Kier molecular flexibility index (Phi) is 7.89. The SMILES string of the molecule is C[C@@H](NC(=O)C1CCC(NS(=O)(=O)c2cnc(N(C)C)c(Br)c2)CC1)c1ccc(F)cc1. The van der Waals surface area contributed by atoms with Gasteiger partial charge in [0.25, 0.3) is 0 Å². The third-order valence-electron chi connectivity index (χ3n) is 5.68. The minimum atomic E-state index is -3.71. The van der Waals surface area contributed by atoms with E-state index in [9.17, 15) is 17.6 Å². The van der Waals surface area contributed by atoms with Crippen LogP contribution in [-0.2, 0) is 14.8 Å². The summed E-state index contributed by atoms with van der Waals surface area (Å²) < 4.78 is 42.0. The summed E-state index contributed by atoms with van der Waals surface area (Å²) >= 11 is 3.37. The molecule has 0 saturated heterocycles. The van der Waals surface area contributed by atoms with Gasteiger partial charge in [-0.3, -0.25) is 4.79 Å². The van der Waals surface area contributed by atoms with Crippen molar-refractivity contribution < 1.29 is 17.6 Å². The summed E-state index contributed by atoms with van der Waals surface area (Å²) in [5.41, 5.74) is 0.834. The molecular weight excluding hydrogens is 499 g/mol. The van der Waals surface area contributed by atoms with E-state index in [0.29, 0.717) is 36.0 Å². The van der Waals surface area contributed by atoms with Gasteiger partial charge in [-0.25, -0.2) is 22.5 Å². The van der Waals surface area contributed by atoms with Crippen molar-refractivity contribution in [3.63, 3.8) is 0 Å². The summed E-state index contributed by atoms with van der Waals surface area (Å²) in [7, 11) is -0.0576. The van der Waals surface area contributed by atoms with Crippen molar-refractivity contribution in [3.8, 4) is 0 Å². The molecule has 1 aliphatic carbocycles. The Morgan fingerprint density at radius 2 is 1.81 bits per heavy atom. The number of pyridine rings is 1. The lowest BCUT2D eigenvalue weighted by Gasteiger charge is -2.29. The summed E-state index contributed by atoms with van der Waals surface area (Å²) in [5.74, 6) is 0.0968. The smallest absolute Gasteiger partial charge is 0.242 e. The highest BCUT2D eigenvalue weighted by Gasteiger charge is 2.30. The molecule has 0 aliphatic heterocycles. The molecule has 7 nitrogen and oxygen atoms in total. The zero-order valence-corrected chi connectivity index (χ0v) is 20.7. The van der Waals surface area contributed by atoms with Crippen LogP contribution in [0.2, 0.25) is 0 Å². The highest BCUT2D eigenvalue weighted by Crippen LogP contribution is 2.28. The first kappa shape index (κ1) is 24.6. The number of rotatable bonds is 7. The zero-order chi connectivity index (χ0) is 23.5. The van der Waals surface area contributed by atoms with Crippen LogP contribution in [0.1, 0.15) is 44.2 Å². The zero-order valence-electron chi connectivity index (χ0n) is 18.3. The second-order valence-electron chi connectivity index (χ2n) is 8.32. The predicted octanol–water partition coefficient (Wildman–Crippen LogP) is 3.76. The molecule has 2 aromatic rings. The average Bonchev–Trinajstić information content (AvgIpc) is 2.74. The summed E-state index contributed by atoms with van der Waals surface area (Å²) in [5, 5.41) is 2.98. The molecule has 0 radical (unpaired) electrons. The standard InChI is InChI=1S/C22H28BrFN4O3S/c1-14(15-4-8-17(24)9-5-15)26-22(29)16-6-10-18(11-7-16)27-32(30,31)19-12-20(23)21(25-13-19)28(2)3/h4-5,8-9,12-14,16,18,27H,6-7,10-11H2,1-3H3,(H,26,29)/t14-,16?,18?/m1/s1. The van der Waals surface area contributed by atoms with Crippen LogP contribution in [0, 0.1) is 11.7 Å². The van der Waals surface area contributed by atoms with Gasteiger partial charge in [0.15, 0.2) is 0 Å². The van der Waals surface area contributed by atoms with Crippen LogP contribution in [0.5, 0.6) is 0 Å². The normalized spacial score (nSPS) is 19.9. The van der Waals surface area contributed by atoms with Crippen LogP contribution in [0.25, 0.3) is 0 Å². The molecule has 3 rings (SSSR count). The second kappa shape index (κ2) is 10.3. The van der Waals surface area contributed by atoms with Gasteiger partial charge in [-0.15, -0.1) is 0 Å². The van der Waals surface area contributed by atoms with E-state index in [1.165, 1.54) is 18.3 Å². The number of carbonyl (C=O) groups excluding carboxylic acids is 1. The van der Waals surface area contributed by atoms with Gasteiger partial charge in [0.1, 0.15) is 16.5 Å². The van der Waals surface area contributed by atoms with Crippen LogP contribution in [0.15, 0.2) is 45.9 Å². The number of hydrogen-bond donors (Lipinski definition) is 2. The molecule has 1 heterocycles. The Hall–Kier alpha value is -2.04. The third-order valence-corrected chi connectivity index (χ3v) is 7.75. The highest BCUT2D eigenvalue weighted by atomic mass is 79.9. The van der Waals surface area contributed by atoms with E-state index in [-0.39, 0.29) is 34.6 Å². The quantitative estimate of drug-likeness (QED) is 0.572. The Morgan fingerprint density at radius 1 is 1.19 bits per heavy atom. The van der Waals surface area contributed by atoms with Crippen LogP contribution in [0.4, 0.5) is 10.2 Å². The molecule has 1 atom stereocenters. The number of benzene rings is 1. The molecule has 1 aliphatic rings.